The summed E-state index contributed by atoms with van der Waals surface area (Å²) in [6, 6.07) is 16.5. The average Bonchev–Trinajstić information content (AvgIpc) is 3.18. The van der Waals surface area contributed by atoms with E-state index in [1.54, 1.807) is 0 Å². The molecule has 1 N–H and O–H groups in total. The summed E-state index contributed by atoms with van der Waals surface area (Å²) in [6.45, 7) is 3.65. The van der Waals surface area contributed by atoms with Gasteiger partial charge in [-0.15, -0.1) is 0 Å². The van der Waals surface area contributed by atoms with Crippen LogP contribution in [0.15, 0.2) is 54.1 Å². The highest BCUT2D eigenvalue weighted by Gasteiger charge is 2.56. The summed E-state index contributed by atoms with van der Waals surface area (Å²) in [7, 11) is 0. The van der Waals surface area contributed by atoms with Crippen LogP contribution in [-0.4, -0.2) is 24.1 Å². The first kappa shape index (κ1) is 18.0. The molecule has 2 aliphatic carbocycles. The Kier molecular flexibility index (Phi) is 4.33. The molecular weight excluding hydrogens is 348 g/mol. The Hall–Kier alpha value is -2.10. The molecule has 2 aromatic carbocycles. The van der Waals surface area contributed by atoms with Crippen LogP contribution in [0.1, 0.15) is 49.3 Å². The van der Waals surface area contributed by atoms with Crippen LogP contribution in [0.25, 0.3) is 6.08 Å². The van der Waals surface area contributed by atoms with Gasteiger partial charge in [-0.3, -0.25) is 0 Å². The van der Waals surface area contributed by atoms with E-state index in [2.05, 4.69) is 49.4 Å². The van der Waals surface area contributed by atoms with Crippen molar-refractivity contribution in [2.24, 2.45) is 5.92 Å². The molecule has 2 fully saturated rings. The zero-order valence-electron chi connectivity index (χ0n) is 16.5. The maximum absolute atomic E-state index is 10.0. The van der Waals surface area contributed by atoms with Gasteiger partial charge in [-0.1, -0.05) is 49.4 Å². The second-order valence-electron chi connectivity index (χ2n) is 8.50. The Morgan fingerprint density at radius 1 is 1.11 bits per heavy atom. The number of phenols is 1. The fourth-order valence-corrected chi connectivity index (χ4v) is 5.84. The van der Waals surface area contributed by atoms with E-state index < -0.39 is 5.79 Å². The number of hydrogen-bond donors (Lipinski definition) is 1. The summed E-state index contributed by atoms with van der Waals surface area (Å²) >= 11 is 0. The van der Waals surface area contributed by atoms with E-state index in [1.807, 2.05) is 12.1 Å². The molecule has 0 radical (unpaired) electrons. The van der Waals surface area contributed by atoms with Crippen LogP contribution in [0, 0.1) is 5.92 Å². The van der Waals surface area contributed by atoms with Gasteiger partial charge in [0, 0.05) is 11.8 Å². The van der Waals surface area contributed by atoms with Crippen molar-refractivity contribution in [1.82, 2.24) is 0 Å². The fraction of sp³-hybridized carbons (Fsp3) is 0.440. The molecule has 0 aromatic heterocycles. The lowest BCUT2D eigenvalue weighted by atomic mass is 9.53. The van der Waals surface area contributed by atoms with Gasteiger partial charge >= 0.3 is 0 Å². The van der Waals surface area contributed by atoms with Crippen LogP contribution >= 0.6 is 0 Å². The van der Waals surface area contributed by atoms with E-state index in [4.69, 9.17) is 9.47 Å². The van der Waals surface area contributed by atoms with Crippen molar-refractivity contribution in [1.29, 1.82) is 0 Å². The normalized spacial score (nSPS) is 29.6. The first-order valence-electron chi connectivity index (χ1n) is 10.5. The van der Waals surface area contributed by atoms with E-state index in [-0.39, 0.29) is 5.41 Å². The van der Waals surface area contributed by atoms with Gasteiger partial charge < -0.3 is 14.6 Å². The van der Waals surface area contributed by atoms with Crippen molar-refractivity contribution in [2.45, 2.75) is 50.2 Å². The van der Waals surface area contributed by atoms with Gasteiger partial charge in [-0.05, 0) is 66.0 Å². The molecule has 1 heterocycles. The van der Waals surface area contributed by atoms with Crippen LogP contribution in [0.5, 0.6) is 5.75 Å². The summed E-state index contributed by atoms with van der Waals surface area (Å²) in [5.74, 6) is 0.340. The van der Waals surface area contributed by atoms with Gasteiger partial charge in [0.15, 0.2) is 5.79 Å². The molecule has 2 atom stereocenters. The largest absolute Gasteiger partial charge is 0.508 e. The van der Waals surface area contributed by atoms with E-state index in [0.29, 0.717) is 24.9 Å². The van der Waals surface area contributed by atoms with Crippen molar-refractivity contribution < 1.29 is 14.6 Å². The number of hydrogen-bond acceptors (Lipinski definition) is 3. The first-order chi connectivity index (χ1) is 13.7. The maximum Gasteiger partial charge on any atom is 0.191 e. The van der Waals surface area contributed by atoms with Crippen molar-refractivity contribution in [3.8, 4) is 5.75 Å². The van der Waals surface area contributed by atoms with E-state index in [1.165, 1.54) is 22.3 Å². The number of benzene rings is 2. The summed E-state index contributed by atoms with van der Waals surface area (Å²) in [5, 5.41) is 10.0. The molecule has 1 saturated heterocycles. The number of rotatable bonds is 2. The van der Waals surface area contributed by atoms with Gasteiger partial charge in [-0.25, -0.2) is 0 Å². The molecule has 1 aliphatic heterocycles. The molecule has 1 spiro atoms. The second kappa shape index (κ2) is 6.75. The van der Waals surface area contributed by atoms with E-state index >= 15 is 0 Å². The smallest absolute Gasteiger partial charge is 0.191 e. The van der Waals surface area contributed by atoms with E-state index in [9.17, 15) is 5.11 Å². The Morgan fingerprint density at radius 2 is 1.89 bits per heavy atom. The maximum atomic E-state index is 10.0. The van der Waals surface area contributed by atoms with E-state index in [0.717, 1.165) is 32.1 Å². The quantitative estimate of drug-likeness (QED) is 0.781. The van der Waals surface area contributed by atoms with Gasteiger partial charge in [0.25, 0.3) is 0 Å². The monoisotopic (exact) mass is 376 g/mol. The molecular formula is C25H28O3. The number of aryl methyl sites for hydroxylation is 1. The highest BCUT2D eigenvalue weighted by Crippen LogP contribution is 2.58. The number of aromatic hydroxyl groups is 1. The van der Waals surface area contributed by atoms with Crippen molar-refractivity contribution in [3.63, 3.8) is 0 Å². The van der Waals surface area contributed by atoms with Crippen LogP contribution in [-0.2, 0) is 21.3 Å². The molecule has 28 heavy (non-hydrogen) atoms. The molecule has 1 saturated carbocycles. The standard InChI is InChI=1S/C25H28O3/c1-2-24-16-21(14-18-6-4-3-5-7-18)25(27-12-13-28-25)17-20(24)9-8-19-15-22(26)10-11-23(19)24/h3-7,10-11,14-15,20,26H,2,8-9,12-13,16-17H2,1H3/b21-14+/t20?,24-/m1/s1. The van der Waals surface area contributed by atoms with Gasteiger partial charge in [0.2, 0.25) is 0 Å². The third-order valence-corrected chi connectivity index (χ3v) is 7.20. The van der Waals surface area contributed by atoms with Gasteiger partial charge in [-0.2, -0.15) is 0 Å². The van der Waals surface area contributed by atoms with Crippen molar-refractivity contribution >= 4 is 6.08 Å². The minimum Gasteiger partial charge on any atom is -0.508 e. The zero-order valence-corrected chi connectivity index (χ0v) is 16.5. The molecule has 146 valence electrons. The first-order valence-corrected chi connectivity index (χ1v) is 10.5. The lowest BCUT2D eigenvalue weighted by molar-refractivity contribution is -0.162. The molecule has 0 amide bonds. The molecule has 2 aromatic rings. The molecule has 5 rings (SSSR count). The highest BCUT2D eigenvalue weighted by molar-refractivity contribution is 5.57. The predicted molar refractivity (Wildman–Crippen MR) is 110 cm³/mol. The lowest BCUT2D eigenvalue weighted by Crippen LogP contribution is -2.51. The predicted octanol–water partition coefficient (Wildman–Crippen LogP) is 5.22. The Morgan fingerprint density at radius 3 is 2.64 bits per heavy atom. The van der Waals surface area contributed by atoms with Crippen LogP contribution in [0.2, 0.25) is 0 Å². The van der Waals surface area contributed by atoms with Crippen LogP contribution in [0.3, 0.4) is 0 Å². The van der Waals surface area contributed by atoms with Gasteiger partial charge in [0.05, 0.1) is 13.2 Å². The number of phenolic OH excluding ortho intramolecular Hbond substituents is 1. The van der Waals surface area contributed by atoms with Crippen LogP contribution < -0.4 is 0 Å². The summed E-state index contributed by atoms with van der Waals surface area (Å²) in [5.41, 5.74) is 5.26. The summed E-state index contributed by atoms with van der Waals surface area (Å²) in [6.07, 6.45) is 7.37. The third-order valence-electron chi connectivity index (χ3n) is 7.20. The van der Waals surface area contributed by atoms with Crippen molar-refractivity contribution in [2.75, 3.05) is 13.2 Å². The SMILES string of the molecule is CC[C@@]12C/C(=C\c3ccccc3)C3(CC1CCc1cc(O)ccc12)OCCO3. The summed E-state index contributed by atoms with van der Waals surface area (Å²) < 4.78 is 12.6. The lowest BCUT2D eigenvalue weighted by Gasteiger charge is -2.53. The molecule has 3 nitrogen and oxygen atoms in total. The highest BCUT2D eigenvalue weighted by atomic mass is 16.7. The minimum atomic E-state index is -0.562. The average molecular weight is 376 g/mol. The number of ether oxygens (including phenoxy) is 2. The minimum absolute atomic E-state index is 0.0858. The van der Waals surface area contributed by atoms with Gasteiger partial charge in [0.1, 0.15) is 5.75 Å². The molecule has 3 aliphatic rings. The topological polar surface area (TPSA) is 38.7 Å². The van der Waals surface area contributed by atoms with Crippen LogP contribution in [0.4, 0.5) is 0 Å². The molecule has 0 bridgehead atoms. The summed E-state index contributed by atoms with van der Waals surface area (Å²) in [4.78, 5) is 0. The molecule has 1 unspecified atom stereocenters. The Labute approximate surface area is 167 Å². The number of fused-ring (bicyclic) bond motifs is 3. The fourth-order valence-electron chi connectivity index (χ4n) is 5.84. The van der Waals surface area contributed by atoms with Crippen molar-refractivity contribution in [3.05, 3.63) is 70.8 Å². The zero-order chi connectivity index (χ0) is 19.2. The molecule has 3 heteroatoms. The second-order valence-corrected chi connectivity index (χ2v) is 8.50. The Bertz CT molecular complexity index is 895. The third kappa shape index (κ3) is 2.72. The Balaban J connectivity index is 1.63.